The molecule has 24 heavy (non-hydrogen) atoms. The van der Waals surface area contributed by atoms with Crippen LogP contribution in [0.15, 0.2) is 28.8 Å². The Labute approximate surface area is 154 Å². The number of fused-ring (bicyclic) bond motifs is 1. The van der Waals surface area contributed by atoms with E-state index in [4.69, 9.17) is 23.2 Å². The molecule has 0 amide bonds. The van der Waals surface area contributed by atoms with Crippen molar-refractivity contribution in [2.75, 3.05) is 0 Å². The van der Waals surface area contributed by atoms with Crippen molar-refractivity contribution in [3.05, 3.63) is 50.9 Å². The minimum Gasteiger partial charge on any atom is -0.357 e. The summed E-state index contributed by atoms with van der Waals surface area (Å²) >= 11 is 12.6. The van der Waals surface area contributed by atoms with Gasteiger partial charge in [-0.05, 0) is 50.5 Å². The van der Waals surface area contributed by atoms with E-state index >= 15 is 0 Å². The SMILES string of the molecule is CC.CC(C)=C/C(Cl)=C(/c1c(F)cc(Cl)c2[nH]c(C)cc12)C(C)C. The molecule has 2 aromatic rings. The van der Waals surface area contributed by atoms with Crippen LogP contribution in [0.1, 0.15) is 52.8 Å². The second kappa shape index (κ2) is 8.73. The largest absolute Gasteiger partial charge is 0.357 e. The minimum absolute atomic E-state index is 0.0807. The monoisotopic (exact) mass is 369 g/mol. The number of aromatic amines is 1. The number of hydrogen-bond donors (Lipinski definition) is 1. The van der Waals surface area contributed by atoms with Crippen molar-refractivity contribution in [3.63, 3.8) is 0 Å². The normalized spacial score (nSPS) is 12.0. The van der Waals surface area contributed by atoms with Gasteiger partial charge < -0.3 is 4.98 Å². The van der Waals surface area contributed by atoms with E-state index < -0.39 is 0 Å². The van der Waals surface area contributed by atoms with E-state index in [9.17, 15) is 4.39 Å². The Hall–Kier alpha value is -1.25. The number of aryl methyl sites for hydroxylation is 1. The van der Waals surface area contributed by atoms with Gasteiger partial charge in [-0.1, -0.05) is 56.5 Å². The Morgan fingerprint density at radius 3 is 2.29 bits per heavy atom. The number of hydrogen-bond acceptors (Lipinski definition) is 0. The first-order valence-corrected chi connectivity index (χ1v) is 9.00. The average molecular weight is 370 g/mol. The lowest BCUT2D eigenvalue weighted by Gasteiger charge is -2.16. The highest BCUT2D eigenvalue weighted by Gasteiger charge is 2.21. The molecule has 1 heterocycles. The fourth-order valence-electron chi connectivity index (χ4n) is 2.65. The first kappa shape index (κ1) is 20.8. The Balaban J connectivity index is 0.00000139. The molecule has 1 N–H and O–H groups in total. The van der Waals surface area contributed by atoms with Gasteiger partial charge in [0.1, 0.15) is 5.82 Å². The van der Waals surface area contributed by atoms with Crippen LogP contribution >= 0.6 is 23.2 Å². The van der Waals surface area contributed by atoms with Gasteiger partial charge in [0.15, 0.2) is 0 Å². The molecule has 1 aromatic heterocycles. The lowest BCUT2D eigenvalue weighted by molar-refractivity contribution is 0.623. The molecule has 0 radical (unpaired) electrons. The van der Waals surface area contributed by atoms with Crippen molar-refractivity contribution >= 4 is 39.7 Å². The molecule has 0 fully saturated rings. The second-order valence-electron chi connectivity index (χ2n) is 6.09. The molecule has 2 rings (SSSR count). The van der Waals surface area contributed by atoms with Crippen molar-refractivity contribution in [1.82, 2.24) is 4.98 Å². The molecule has 1 nitrogen and oxygen atoms in total. The fraction of sp³-hybridized carbons (Fsp3) is 0.400. The van der Waals surface area contributed by atoms with Crippen molar-refractivity contribution in [1.29, 1.82) is 0 Å². The van der Waals surface area contributed by atoms with E-state index in [1.165, 1.54) is 6.07 Å². The molecule has 0 aliphatic heterocycles. The van der Waals surface area contributed by atoms with E-state index in [0.29, 0.717) is 15.6 Å². The second-order valence-corrected chi connectivity index (χ2v) is 6.91. The van der Waals surface area contributed by atoms with Crippen LogP contribution in [0.5, 0.6) is 0 Å². The van der Waals surface area contributed by atoms with Gasteiger partial charge in [0.25, 0.3) is 0 Å². The summed E-state index contributed by atoms with van der Waals surface area (Å²) in [5, 5.41) is 1.72. The first-order chi connectivity index (χ1) is 11.2. The predicted molar refractivity (Wildman–Crippen MR) is 106 cm³/mol. The summed E-state index contributed by atoms with van der Waals surface area (Å²) in [5.41, 5.74) is 4.07. The van der Waals surface area contributed by atoms with Crippen molar-refractivity contribution in [3.8, 4) is 0 Å². The molecular weight excluding hydrogens is 344 g/mol. The summed E-state index contributed by atoms with van der Waals surface area (Å²) in [4.78, 5) is 3.19. The van der Waals surface area contributed by atoms with Gasteiger partial charge in [0, 0.05) is 21.7 Å². The van der Waals surface area contributed by atoms with Gasteiger partial charge in [-0.15, -0.1) is 0 Å². The molecule has 0 unspecified atom stereocenters. The number of rotatable bonds is 3. The molecule has 132 valence electrons. The fourth-order valence-corrected chi connectivity index (χ4v) is 3.42. The number of H-pyrrole nitrogens is 1. The third-order valence-corrected chi connectivity index (χ3v) is 4.08. The molecule has 0 bridgehead atoms. The average Bonchev–Trinajstić information content (AvgIpc) is 2.86. The van der Waals surface area contributed by atoms with Gasteiger partial charge in [-0.3, -0.25) is 0 Å². The number of allylic oxidation sites excluding steroid dienone is 4. The predicted octanol–water partition coefficient (Wildman–Crippen LogP) is 7.87. The minimum atomic E-state index is -0.347. The van der Waals surface area contributed by atoms with Crippen LogP contribution in [-0.2, 0) is 0 Å². The van der Waals surface area contributed by atoms with Crippen LogP contribution < -0.4 is 0 Å². The molecule has 0 spiro atoms. The highest BCUT2D eigenvalue weighted by atomic mass is 35.5. The Morgan fingerprint density at radius 1 is 1.21 bits per heavy atom. The Kier molecular flexibility index (Phi) is 7.56. The summed E-state index contributed by atoms with van der Waals surface area (Å²) in [6.45, 7) is 13.9. The molecular formula is C20H26Cl2FN. The molecule has 0 aliphatic rings. The van der Waals surface area contributed by atoms with Gasteiger partial charge >= 0.3 is 0 Å². The van der Waals surface area contributed by atoms with Crippen molar-refractivity contribution < 1.29 is 4.39 Å². The van der Waals surface area contributed by atoms with E-state index in [2.05, 4.69) is 4.98 Å². The maximum absolute atomic E-state index is 14.7. The van der Waals surface area contributed by atoms with Crippen LogP contribution in [0.3, 0.4) is 0 Å². The quantitative estimate of drug-likeness (QED) is 0.529. The van der Waals surface area contributed by atoms with Crippen LogP contribution in [0.25, 0.3) is 16.5 Å². The topological polar surface area (TPSA) is 15.8 Å². The zero-order valence-corrected chi connectivity index (χ0v) is 17.0. The summed E-state index contributed by atoms with van der Waals surface area (Å²) in [5.74, 6) is -0.266. The zero-order chi connectivity index (χ0) is 18.6. The molecule has 0 saturated carbocycles. The van der Waals surface area contributed by atoms with Crippen LogP contribution in [0.2, 0.25) is 5.02 Å². The standard InChI is InChI=1S/C18H20Cl2FN.C2H6/c1-9(2)6-13(19)16(10(3)4)17-12-7-11(5)22-18(12)14(20)8-15(17)21;1-2/h6-8,10,22H,1-5H3;1-2H3/b16-13-;. The van der Waals surface area contributed by atoms with Gasteiger partial charge in [-0.2, -0.15) is 0 Å². The van der Waals surface area contributed by atoms with Crippen LogP contribution in [0.4, 0.5) is 4.39 Å². The molecule has 4 heteroatoms. The molecule has 0 aliphatic carbocycles. The third kappa shape index (κ3) is 4.43. The highest BCUT2D eigenvalue weighted by molar-refractivity contribution is 6.36. The lowest BCUT2D eigenvalue weighted by Crippen LogP contribution is -2.00. The van der Waals surface area contributed by atoms with Crippen molar-refractivity contribution in [2.24, 2.45) is 5.92 Å². The number of aromatic nitrogens is 1. The smallest absolute Gasteiger partial charge is 0.133 e. The third-order valence-electron chi connectivity index (χ3n) is 3.47. The Morgan fingerprint density at radius 2 is 1.79 bits per heavy atom. The highest BCUT2D eigenvalue weighted by Crippen LogP contribution is 2.39. The molecule has 1 aromatic carbocycles. The first-order valence-electron chi connectivity index (χ1n) is 8.24. The summed E-state index contributed by atoms with van der Waals surface area (Å²) < 4.78 is 14.7. The van der Waals surface area contributed by atoms with Crippen LogP contribution in [-0.4, -0.2) is 4.98 Å². The van der Waals surface area contributed by atoms with E-state index in [-0.39, 0.29) is 11.7 Å². The Bertz CT molecular complexity index is 779. The van der Waals surface area contributed by atoms with Crippen molar-refractivity contribution in [2.45, 2.75) is 48.5 Å². The maximum Gasteiger partial charge on any atom is 0.133 e. The van der Waals surface area contributed by atoms with E-state index in [0.717, 1.165) is 27.7 Å². The number of halogens is 3. The zero-order valence-electron chi connectivity index (χ0n) is 15.4. The van der Waals surface area contributed by atoms with E-state index in [1.807, 2.05) is 60.6 Å². The number of benzene rings is 1. The molecule has 0 atom stereocenters. The number of nitrogens with one attached hydrogen (secondary N) is 1. The van der Waals surface area contributed by atoms with E-state index in [1.54, 1.807) is 0 Å². The maximum atomic E-state index is 14.7. The summed E-state index contributed by atoms with van der Waals surface area (Å²) in [7, 11) is 0. The summed E-state index contributed by atoms with van der Waals surface area (Å²) in [6.07, 6.45) is 1.87. The molecule has 0 saturated heterocycles. The summed E-state index contributed by atoms with van der Waals surface area (Å²) in [6, 6.07) is 3.26. The van der Waals surface area contributed by atoms with Gasteiger partial charge in [0.05, 0.1) is 10.5 Å². The lowest BCUT2D eigenvalue weighted by atomic mass is 9.91. The van der Waals surface area contributed by atoms with Gasteiger partial charge in [-0.25, -0.2) is 4.39 Å². The van der Waals surface area contributed by atoms with Crippen LogP contribution in [0, 0.1) is 18.7 Å². The van der Waals surface area contributed by atoms with Gasteiger partial charge in [0.2, 0.25) is 0 Å².